The predicted molar refractivity (Wildman–Crippen MR) is 74.7 cm³/mol. The van der Waals surface area contributed by atoms with Gasteiger partial charge in [-0.3, -0.25) is 4.79 Å². The first kappa shape index (κ1) is 15.9. The highest BCUT2D eigenvalue weighted by molar-refractivity contribution is 7.89. The molecule has 1 fully saturated rings. The van der Waals surface area contributed by atoms with Crippen LogP contribution in [0.5, 0.6) is 0 Å². The normalized spacial score (nSPS) is 21.3. The van der Waals surface area contributed by atoms with Crippen LogP contribution in [0.25, 0.3) is 0 Å². The predicted octanol–water partition coefficient (Wildman–Crippen LogP) is 0.451. The number of aromatic nitrogens is 2. The van der Waals surface area contributed by atoms with Crippen molar-refractivity contribution in [2.24, 2.45) is 0 Å². The minimum absolute atomic E-state index is 0.0666. The number of rotatable bonds is 6. The Morgan fingerprint density at radius 1 is 1.62 bits per heavy atom. The molecular weight excluding hydrogens is 296 g/mol. The summed E-state index contributed by atoms with van der Waals surface area (Å²) >= 11 is 0. The molecule has 0 unspecified atom stereocenters. The zero-order valence-corrected chi connectivity index (χ0v) is 13.0. The maximum absolute atomic E-state index is 12.3. The summed E-state index contributed by atoms with van der Waals surface area (Å²) in [6.07, 6.45) is 2.95. The van der Waals surface area contributed by atoms with Gasteiger partial charge in [-0.1, -0.05) is 12.1 Å². The molecular formula is C12H20N4O4S. The fraction of sp³-hybridized carbons (Fsp3) is 0.750. The third kappa shape index (κ3) is 3.59. The maximum atomic E-state index is 12.3. The lowest BCUT2D eigenvalue weighted by Gasteiger charge is -2.24. The second-order valence-electron chi connectivity index (χ2n) is 5.10. The van der Waals surface area contributed by atoms with Gasteiger partial charge >= 0.3 is 0 Å². The van der Waals surface area contributed by atoms with E-state index in [9.17, 15) is 13.2 Å². The smallest absolute Gasteiger partial charge is 0.239 e. The van der Waals surface area contributed by atoms with Crippen LogP contribution in [-0.4, -0.2) is 47.1 Å². The van der Waals surface area contributed by atoms with Crippen molar-refractivity contribution in [2.45, 2.75) is 45.2 Å². The standard InChI is InChI=1S/C12H20N4O4S/c1-3-7-21(18,19)16-6-4-5-10(16)12(17)14-9(2)11-13-8-20-15-11/h8-10H,3-7H2,1-2H3,(H,14,17)/t9-,10+/m1/s1. The van der Waals surface area contributed by atoms with Crippen LogP contribution in [0.3, 0.4) is 0 Å². The Morgan fingerprint density at radius 2 is 2.38 bits per heavy atom. The average Bonchev–Trinajstić information content (AvgIpc) is 3.10. The van der Waals surface area contributed by atoms with Crippen LogP contribution >= 0.6 is 0 Å². The first-order valence-corrected chi connectivity index (χ1v) is 8.62. The molecule has 0 spiro atoms. The van der Waals surface area contributed by atoms with E-state index in [-0.39, 0.29) is 11.7 Å². The number of nitrogens with zero attached hydrogens (tertiary/aromatic N) is 3. The van der Waals surface area contributed by atoms with Gasteiger partial charge in [-0.2, -0.15) is 9.29 Å². The first-order valence-electron chi connectivity index (χ1n) is 7.02. The molecule has 0 radical (unpaired) electrons. The Morgan fingerprint density at radius 3 is 3.00 bits per heavy atom. The van der Waals surface area contributed by atoms with Crippen LogP contribution < -0.4 is 5.32 Å². The average molecular weight is 316 g/mol. The van der Waals surface area contributed by atoms with Gasteiger partial charge in [0.15, 0.2) is 5.82 Å². The molecule has 118 valence electrons. The second-order valence-corrected chi connectivity index (χ2v) is 7.15. The SMILES string of the molecule is CCCS(=O)(=O)N1CCC[C@H]1C(=O)N[C@H](C)c1ncon1. The molecule has 1 N–H and O–H groups in total. The zero-order chi connectivity index (χ0) is 15.5. The van der Waals surface area contributed by atoms with Gasteiger partial charge < -0.3 is 9.84 Å². The largest absolute Gasteiger partial charge is 0.345 e. The molecule has 1 aromatic heterocycles. The van der Waals surface area contributed by atoms with Crippen molar-refractivity contribution in [1.29, 1.82) is 0 Å². The Kier molecular flexibility index (Phi) is 4.94. The molecule has 1 saturated heterocycles. The highest BCUT2D eigenvalue weighted by Gasteiger charge is 2.38. The van der Waals surface area contributed by atoms with Crippen molar-refractivity contribution in [1.82, 2.24) is 19.8 Å². The van der Waals surface area contributed by atoms with Crippen molar-refractivity contribution in [2.75, 3.05) is 12.3 Å². The summed E-state index contributed by atoms with van der Waals surface area (Å²) in [7, 11) is -3.37. The molecule has 2 atom stereocenters. The molecule has 0 saturated carbocycles. The van der Waals surface area contributed by atoms with Gasteiger partial charge in [0, 0.05) is 6.54 Å². The number of amides is 1. The Balaban J connectivity index is 2.04. The summed E-state index contributed by atoms with van der Waals surface area (Å²) in [6.45, 7) is 3.93. The fourth-order valence-electron chi connectivity index (χ4n) is 2.45. The number of hydrogen-bond donors (Lipinski definition) is 1. The van der Waals surface area contributed by atoms with Gasteiger partial charge in [0.05, 0.1) is 11.8 Å². The van der Waals surface area contributed by atoms with Crippen LogP contribution in [0.4, 0.5) is 0 Å². The molecule has 1 aromatic rings. The molecule has 0 bridgehead atoms. The Labute approximate surface area is 123 Å². The monoisotopic (exact) mass is 316 g/mol. The third-order valence-corrected chi connectivity index (χ3v) is 5.53. The van der Waals surface area contributed by atoms with Gasteiger partial charge in [-0.25, -0.2) is 8.42 Å². The lowest BCUT2D eigenvalue weighted by Crippen LogP contribution is -2.47. The topological polar surface area (TPSA) is 105 Å². The van der Waals surface area contributed by atoms with Crippen molar-refractivity contribution >= 4 is 15.9 Å². The summed E-state index contributed by atoms with van der Waals surface area (Å²) in [6, 6.07) is -1.07. The molecule has 1 aliphatic heterocycles. The van der Waals surface area contributed by atoms with E-state index in [1.807, 2.05) is 0 Å². The van der Waals surface area contributed by atoms with E-state index in [1.54, 1.807) is 13.8 Å². The minimum Gasteiger partial charge on any atom is -0.345 e. The molecule has 2 rings (SSSR count). The summed E-state index contributed by atoms with van der Waals surface area (Å²) in [5.41, 5.74) is 0. The Bertz CT molecular complexity index is 572. The summed E-state index contributed by atoms with van der Waals surface area (Å²) in [4.78, 5) is 16.2. The molecule has 0 aliphatic carbocycles. The molecule has 0 aromatic carbocycles. The molecule has 21 heavy (non-hydrogen) atoms. The van der Waals surface area contributed by atoms with Gasteiger partial charge in [0.1, 0.15) is 6.04 Å². The highest BCUT2D eigenvalue weighted by atomic mass is 32.2. The van der Waals surface area contributed by atoms with Crippen LogP contribution in [0.15, 0.2) is 10.9 Å². The number of nitrogens with one attached hydrogen (secondary N) is 1. The minimum atomic E-state index is -3.37. The highest BCUT2D eigenvalue weighted by Crippen LogP contribution is 2.22. The van der Waals surface area contributed by atoms with Gasteiger partial charge in [-0.15, -0.1) is 0 Å². The van der Waals surface area contributed by atoms with Gasteiger partial charge in [0.2, 0.25) is 22.3 Å². The number of hydrogen-bond acceptors (Lipinski definition) is 6. The fourth-order valence-corrected chi connectivity index (χ4v) is 4.20. The molecule has 8 nitrogen and oxygen atoms in total. The van der Waals surface area contributed by atoms with Crippen molar-refractivity contribution in [3.05, 3.63) is 12.2 Å². The molecule has 1 amide bonds. The third-order valence-electron chi connectivity index (χ3n) is 3.45. The summed E-state index contributed by atoms with van der Waals surface area (Å²) < 4.78 is 30.3. The molecule has 1 aliphatic rings. The van der Waals surface area contributed by atoms with E-state index < -0.39 is 22.1 Å². The lowest BCUT2D eigenvalue weighted by atomic mass is 10.2. The quantitative estimate of drug-likeness (QED) is 0.817. The van der Waals surface area contributed by atoms with Crippen molar-refractivity contribution < 1.29 is 17.7 Å². The van der Waals surface area contributed by atoms with Crippen LogP contribution in [-0.2, 0) is 14.8 Å². The van der Waals surface area contributed by atoms with Gasteiger partial charge in [-0.05, 0) is 26.2 Å². The molecule has 2 heterocycles. The Hall–Kier alpha value is -1.48. The molecule has 9 heteroatoms. The first-order chi connectivity index (χ1) is 9.95. The lowest BCUT2D eigenvalue weighted by molar-refractivity contribution is -0.124. The van der Waals surface area contributed by atoms with E-state index in [4.69, 9.17) is 0 Å². The van der Waals surface area contributed by atoms with E-state index >= 15 is 0 Å². The summed E-state index contributed by atoms with van der Waals surface area (Å²) in [5.74, 6) is 0.116. The number of carbonyl (C=O) groups excluding carboxylic acids is 1. The zero-order valence-electron chi connectivity index (χ0n) is 12.2. The van der Waals surface area contributed by atoms with Crippen LogP contribution in [0.1, 0.15) is 45.0 Å². The number of carbonyl (C=O) groups is 1. The van der Waals surface area contributed by atoms with Crippen molar-refractivity contribution in [3.63, 3.8) is 0 Å². The van der Waals surface area contributed by atoms with Gasteiger partial charge in [0.25, 0.3) is 0 Å². The van der Waals surface area contributed by atoms with E-state index in [0.717, 1.165) is 0 Å². The second kappa shape index (κ2) is 6.52. The van der Waals surface area contributed by atoms with Crippen molar-refractivity contribution in [3.8, 4) is 0 Å². The van der Waals surface area contributed by atoms with Crippen LogP contribution in [0.2, 0.25) is 0 Å². The van der Waals surface area contributed by atoms with E-state index in [1.165, 1.54) is 10.7 Å². The number of sulfonamides is 1. The van der Waals surface area contributed by atoms with Crippen LogP contribution in [0, 0.1) is 0 Å². The maximum Gasteiger partial charge on any atom is 0.239 e. The van der Waals surface area contributed by atoms with E-state index in [2.05, 4.69) is 20.0 Å². The van der Waals surface area contributed by atoms with E-state index in [0.29, 0.717) is 31.6 Å². The summed E-state index contributed by atoms with van der Waals surface area (Å²) in [5, 5.41) is 6.40.